The zero-order valence-corrected chi connectivity index (χ0v) is 14.1. The number of methoxy groups -OCH3 is 2. The summed E-state index contributed by atoms with van der Waals surface area (Å²) in [5, 5.41) is 11.1. The first kappa shape index (κ1) is 17.0. The molecule has 0 radical (unpaired) electrons. The van der Waals surface area contributed by atoms with Crippen LogP contribution in [0.5, 0.6) is 11.8 Å². The summed E-state index contributed by atoms with van der Waals surface area (Å²) in [6.45, 7) is 4.04. The molecule has 0 aliphatic carbocycles. The third kappa shape index (κ3) is 4.55. The maximum atomic E-state index is 12.0. The number of carbonyl (C=O) groups is 1. The van der Waals surface area contributed by atoms with Crippen LogP contribution >= 0.6 is 11.8 Å². The molecule has 1 amide bonds. The van der Waals surface area contributed by atoms with Crippen LogP contribution in [-0.4, -0.2) is 50.6 Å². The molecule has 1 N–H and O–H groups in total. The second kappa shape index (κ2) is 7.77. The normalized spacial score (nSPS) is 10.7. The Labute approximate surface area is 137 Å². The van der Waals surface area contributed by atoms with E-state index >= 15 is 0 Å². The van der Waals surface area contributed by atoms with Crippen molar-refractivity contribution in [2.45, 2.75) is 25.0 Å². The van der Waals surface area contributed by atoms with Gasteiger partial charge in [-0.25, -0.2) is 0 Å². The molecule has 9 nitrogen and oxygen atoms in total. The van der Waals surface area contributed by atoms with Gasteiger partial charge in [-0.15, -0.1) is 10.2 Å². The summed E-state index contributed by atoms with van der Waals surface area (Å²) in [6.07, 6.45) is 1.64. The maximum absolute atomic E-state index is 12.0. The van der Waals surface area contributed by atoms with E-state index in [0.717, 1.165) is 0 Å². The maximum Gasteiger partial charge on any atom is 0.237 e. The lowest BCUT2D eigenvalue weighted by Crippen LogP contribution is -2.17. The SMILES string of the molecule is COc1cc(OC)nc(NC(=O)CSc2nncn2C(C)C)n1. The van der Waals surface area contributed by atoms with E-state index in [1.54, 1.807) is 6.33 Å². The van der Waals surface area contributed by atoms with Gasteiger partial charge in [0.05, 0.1) is 26.0 Å². The van der Waals surface area contributed by atoms with Crippen LogP contribution in [0, 0.1) is 0 Å². The number of rotatable bonds is 7. The molecule has 0 saturated carbocycles. The second-order valence-corrected chi connectivity index (χ2v) is 5.67. The van der Waals surface area contributed by atoms with Crippen LogP contribution in [0.25, 0.3) is 0 Å². The summed E-state index contributed by atoms with van der Waals surface area (Å²) in [7, 11) is 2.95. The highest BCUT2D eigenvalue weighted by Gasteiger charge is 2.13. The van der Waals surface area contributed by atoms with Gasteiger partial charge in [-0.3, -0.25) is 10.1 Å². The van der Waals surface area contributed by atoms with Crippen LogP contribution in [0.1, 0.15) is 19.9 Å². The van der Waals surface area contributed by atoms with E-state index in [-0.39, 0.29) is 23.7 Å². The van der Waals surface area contributed by atoms with Gasteiger partial charge in [0.2, 0.25) is 23.6 Å². The monoisotopic (exact) mass is 338 g/mol. The van der Waals surface area contributed by atoms with Gasteiger partial charge < -0.3 is 14.0 Å². The molecule has 0 fully saturated rings. The molecule has 0 aliphatic rings. The number of thioether (sulfide) groups is 1. The van der Waals surface area contributed by atoms with E-state index in [1.165, 1.54) is 32.0 Å². The Bertz CT molecular complexity index is 653. The Balaban J connectivity index is 1.98. The lowest BCUT2D eigenvalue weighted by atomic mass is 10.4. The zero-order chi connectivity index (χ0) is 16.8. The number of nitrogens with zero attached hydrogens (tertiary/aromatic N) is 5. The quantitative estimate of drug-likeness (QED) is 0.755. The smallest absolute Gasteiger partial charge is 0.237 e. The molecule has 0 aliphatic heterocycles. The van der Waals surface area contributed by atoms with E-state index < -0.39 is 0 Å². The fourth-order valence-corrected chi connectivity index (χ4v) is 2.49. The Morgan fingerprint density at radius 3 is 2.52 bits per heavy atom. The highest BCUT2D eigenvalue weighted by Crippen LogP contribution is 2.20. The summed E-state index contributed by atoms with van der Waals surface area (Å²) in [5.41, 5.74) is 0. The van der Waals surface area contributed by atoms with Crippen molar-refractivity contribution in [2.75, 3.05) is 25.3 Å². The summed E-state index contributed by atoms with van der Waals surface area (Å²) in [5.74, 6) is 0.633. The third-order valence-corrected chi connectivity index (χ3v) is 3.73. The molecule has 10 heteroatoms. The van der Waals surface area contributed by atoms with Crippen molar-refractivity contribution in [1.82, 2.24) is 24.7 Å². The summed E-state index contributed by atoms with van der Waals surface area (Å²) in [6, 6.07) is 1.75. The van der Waals surface area contributed by atoms with E-state index in [9.17, 15) is 4.79 Å². The molecule has 0 spiro atoms. The predicted octanol–water partition coefficient (Wildman–Crippen LogP) is 1.40. The molecular formula is C13H18N6O3S. The van der Waals surface area contributed by atoms with Crippen molar-refractivity contribution in [2.24, 2.45) is 0 Å². The number of carbonyl (C=O) groups excluding carboxylic acids is 1. The number of amides is 1. The van der Waals surface area contributed by atoms with Crippen LogP contribution in [0.15, 0.2) is 17.6 Å². The van der Waals surface area contributed by atoms with Crippen LogP contribution in [0.3, 0.4) is 0 Å². The summed E-state index contributed by atoms with van der Waals surface area (Å²) < 4.78 is 12.0. The van der Waals surface area contributed by atoms with E-state index in [4.69, 9.17) is 9.47 Å². The Morgan fingerprint density at radius 2 is 1.96 bits per heavy atom. The highest BCUT2D eigenvalue weighted by molar-refractivity contribution is 7.99. The first-order valence-electron chi connectivity index (χ1n) is 6.82. The molecule has 23 heavy (non-hydrogen) atoms. The highest BCUT2D eigenvalue weighted by atomic mass is 32.2. The molecule has 124 valence electrons. The number of hydrogen-bond acceptors (Lipinski definition) is 8. The van der Waals surface area contributed by atoms with Gasteiger partial charge in [0.25, 0.3) is 0 Å². The summed E-state index contributed by atoms with van der Waals surface area (Å²) >= 11 is 1.29. The van der Waals surface area contributed by atoms with Gasteiger partial charge in [-0.2, -0.15) is 9.97 Å². The average Bonchev–Trinajstić information content (AvgIpc) is 3.01. The molecule has 2 rings (SSSR count). The molecular weight excluding hydrogens is 320 g/mol. The van der Waals surface area contributed by atoms with Crippen molar-refractivity contribution in [3.63, 3.8) is 0 Å². The minimum absolute atomic E-state index is 0.122. The van der Waals surface area contributed by atoms with E-state index in [0.29, 0.717) is 16.9 Å². The van der Waals surface area contributed by atoms with Crippen LogP contribution in [-0.2, 0) is 4.79 Å². The van der Waals surface area contributed by atoms with Crippen molar-refractivity contribution >= 4 is 23.6 Å². The van der Waals surface area contributed by atoms with Gasteiger partial charge in [0, 0.05) is 6.04 Å². The van der Waals surface area contributed by atoms with Gasteiger partial charge in [0.1, 0.15) is 6.33 Å². The molecule has 2 aromatic rings. The van der Waals surface area contributed by atoms with Gasteiger partial charge in [-0.1, -0.05) is 11.8 Å². The second-order valence-electron chi connectivity index (χ2n) is 4.73. The van der Waals surface area contributed by atoms with E-state index in [1.807, 2.05) is 18.4 Å². The van der Waals surface area contributed by atoms with Crippen molar-refractivity contribution in [1.29, 1.82) is 0 Å². The Morgan fingerprint density at radius 1 is 1.30 bits per heavy atom. The molecule has 0 atom stereocenters. The van der Waals surface area contributed by atoms with Crippen LogP contribution < -0.4 is 14.8 Å². The van der Waals surface area contributed by atoms with Gasteiger partial charge >= 0.3 is 0 Å². The molecule has 0 unspecified atom stereocenters. The minimum Gasteiger partial charge on any atom is -0.481 e. The number of aromatic nitrogens is 5. The molecule has 2 heterocycles. The van der Waals surface area contributed by atoms with E-state index in [2.05, 4.69) is 25.5 Å². The van der Waals surface area contributed by atoms with Crippen molar-refractivity contribution in [3.05, 3.63) is 12.4 Å². The van der Waals surface area contributed by atoms with Gasteiger partial charge in [0.15, 0.2) is 5.16 Å². The number of hydrogen-bond donors (Lipinski definition) is 1. The minimum atomic E-state index is -0.261. The molecule has 0 bridgehead atoms. The third-order valence-electron chi connectivity index (χ3n) is 2.78. The van der Waals surface area contributed by atoms with Crippen molar-refractivity contribution in [3.8, 4) is 11.8 Å². The van der Waals surface area contributed by atoms with Gasteiger partial charge in [-0.05, 0) is 13.8 Å². The lowest BCUT2D eigenvalue weighted by Gasteiger charge is -2.09. The topological polar surface area (TPSA) is 104 Å². The van der Waals surface area contributed by atoms with Crippen LogP contribution in [0.2, 0.25) is 0 Å². The fourth-order valence-electron chi connectivity index (χ4n) is 1.65. The Kier molecular flexibility index (Phi) is 5.74. The predicted molar refractivity (Wildman–Crippen MR) is 84.9 cm³/mol. The fraction of sp³-hybridized carbons (Fsp3) is 0.462. The Hall–Kier alpha value is -2.36. The molecule has 0 aromatic carbocycles. The largest absolute Gasteiger partial charge is 0.481 e. The first-order valence-corrected chi connectivity index (χ1v) is 7.81. The first-order chi connectivity index (χ1) is 11.0. The number of nitrogens with one attached hydrogen (secondary N) is 1. The van der Waals surface area contributed by atoms with Crippen LogP contribution in [0.4, 0.5) is 5.95 Å². The number of anilines is 1. The average molecular weight is 338 g/mol. The molecule has 2 aromatic heterocycles. The number of ether oxygens (including phenoxy) is 2. The standard InChI is InChI=1S/C13H18N6O3S/c1-8(2)19-7-14-18-13(19)23-6-9(20)15-12-16-10(21-3)5-11(17-12)22-4/h5,7-8H,6H2,1-4H3,(H,15,16,17,20). The van der Waals surface area contributed by atoms with Crippen molar-refractivity contribution < 1.29 is 14.3 Å². The zero-order valence-electron chi connectivity index (χ0n) is 13.3. The summed E-state index contributed by atoms with van der Waals surface area (Å²) in [4.78, 5) is 20.1. The lowest BCUT2D eigenvalue weighted by molar-refractivity contribution is -0.113. The molecule has 0 saturated heterocycles.